The van der Waals surface area contributed by atoms with Crippen LogP contribution in [-0.2, 0) is 11.3 Å². The first-order valence-electron chi connectivity index (χ1n) is 9.11. The summed E-state index contributed by atoms with van der Waals surface area (Å²) in [5.41, 5.74) is 9.50. The van der Waals surface area contributed by atoms with Crippen LogP contribution < -0.4 is 5.73 Å². The number of nitrogens with zero attached hydrogens (tertiary/aromatic N) is 1. The highest BCUT2D eigenvalue weighted by atomic mass is 16.5. The lowest BCUT2D eigenvalue weighted by atomic mass is 10.0. The molecule has 1 amide bonds. The molecule has 27 heavy (non-hydrogen) atoms. The Morgan fingerprint density at radius 2 is 1.81 bits per heavy atom. The number of hydrogen-bond donors (Lipinski definition) is 1. The first-order chi connectivity index (χ1) is 12.9. The number of primary amides is 1. The van der Waals surface area contributed by atoms with Crippen molar-refractivity contribution in [1.29, 1.82) is 0 Å². The van der Waals surface area contributed by atoms with Crippen LogP contribution in [0.25, 0.3) is 10.9 Å². The molecule has 2 N–H and O–H groups in total. The second-order valence-corrected chi connectivity index (χ2v) is 6.80. The molecule has 0 saturated heterocycles. The van der Waals surface area contributed by atoms with E-state index in [1.165, 1.54) is 0 Å². The highest BCUT2D eigenvalue weighted by Crippen LogP contribution is 2.32. The molecule has 0 fully saturated rings. The van der Waals surface area contributed by atoms with E-state index in [1.807, 2.05) is 44.2 Å². The third-order valence-electron chi connectivity index (χ3n) is 4.59. The summed E-state index contributed by atoms with van der Waals surface area (Å²) in [7, 11) is 0. The number of ether oxygens (including phenoxy) is 1. The van der Waals surface area contributed by atoms with Crippen molar-refractivity contribution < 1.29 is 14.3 Å². The molecule has 1 heterocycles. The Bertz CT molecular complexity index is 988. The second-order valence-electron chi connectivity index (χ2n) is 6.80. The largest absolute Gasteiger partial charge is 0.462 e. The maximum absolute atomic E-state index is 12.2. The summed E-state index contributed by atoms with van der Waals surface area (Å²) < 4.78 is 7.21. The molecular weight excluding hydrogens is 340 g/mol. The van der Waals surface area contributed by atoms with Gasteiger partial charge in [0, 0.05) is 17.6 Å². The van der Waals surface area contributed by atoms with Crippen molar-refractivity contribution in [3.63, 3.8) is 0 Å². The molecule has 140 valence electrons. The van der Waals surface area contributed by atoms with Gasteiger partial charge < -0.3 is 15.0 Å². The Labute approximate surface area is 158 Å². The quantitative estimate of drug-likeness (QED) is 0.670. The van der Waals surface area contributed by atoms with Crippen LogP contribution in [0.2, 0.25) is 0 Å². The smallest absolute Gasteiger partial charge is 0.338 e. The number of fused-ring (bicyclic) bond motifs is 1. The zero-order chi connectivity index (χ0) is 19.6. The minimum Gasteiger partial charge on any atom is -0.462 e. The molecule has 1 aromatic heterocycles. The number of carbonyl (C=O) groups is 2. The highest BCUT2D eigenvalue weighted by molar-refractivity contribution is 6.09. The van der Waals surface area contributed by atoms with Crippen molar-refractivity contribution in [3.05, 3.63) is 70.9 Å². The van der Waals surface area contributed by atoms with Gasteiger partial charge in [-0.2, -0.15) is 0 Å². The predicted octanol–water partition coefficient (Wildman–Crippen LogP) is 4.09. The predicted molar refractivity (Wildman–Crippen MR) is 106 cm³/mol. The van der Waals surface area contributed by atoms with Gasteiger partial charge in [0.25, 0.3) is 5.91 Å². The number of benzene rings is 2. The fourth-order valence-corrected chi connectivity index (χ4v) is 3.51. The van der Waals surface area contributed by atoms with Crippen LogP contribution in [0.3, 0.4) is 0 Å². The molecule has 0 aliphatic carbocycles. The van der Waals surface area contributed by atoms with Gasteiger partial charge in [-0.25, -0.2) is 4.79 Å². The molecule has 0 aliphatic rings. The average molecular weight is 364 g/mol. The highest BCUT2D eigenvalue weighted by Gasteiger charge is 2.24. The molecule has 0 aliphatic heterocycles. The van der Waals surface area contributed by atoms with E-state index < -0.39 is 5.91 Å². The molecule has 2 aromatic carbocycles. The van der Waals surface area contributed by atoms with E-state index in [0.717, 1.165) is 22.2 Å². The van der Waals surface area contributed by atoms with E-state index in [1.54, 1.807) is 25.1 Å². The third kappa shape index (κ3) is 3.58. The minimum absolute atomic E-state index is 0.0923. The van der Waals surface area contributed by atoms with Gasteiger partial charge in [-0.15, -0.1) is 0 Å². The normalized spacial score (nSPS) is 11.1. The number of hydrogen-bond acceptors (Lipinski definition) is 3. The monoisotopic (exact) mass is 364 g/mol. The Balaban J connectivity index is 2.27. The zero-order valence-electron chi connectivity index (χ0n) is 15.9. The fraction of sp³-hybridized carbons (Fsp3) is 0.273. The summed E-state index contributed by atoms with van der Waals surface area (Å²) >= 11 is 0. The van der Waals surface area contributed by atoms with Crippen LogP contribution in [-0.4, -0.2) is 23.1 Å². The third-order valence-corrected chi connectivity index (χ3v) is 4.59. The maximum atomic E-state index is 12.2. The van der Waals surface area contributed by atoms with Crippen LogP contribution in [0, 0.1) is 0 Å². The fourth-order valence-electron chi connectivity index (χ4n) is 3.51. The summed E-state index contributed by atoms with van der Waals surface area (Å²) in [4.78, 5) is 24.4. The summed E-state index contributed by atoms with van der Waals surface area (Å²) in [6.45, 7) is 6.75. The molecule has 3 rings (SSSR count). The van der Waals surface area contributed by atoms with Crippen LogP contribution in [0.1, 0.15) is 58.7 Å². The van der Waals surface area contributed by atoms with E-state index in [9.17, 15) is 9.59 Å². The van der Waals surface area contributed by atoms with Crippen molar-refractivity contribution in [2.45, 2.75) is 33.2 Å². The molecule has 0 radical (unpaired) electrons. The van der Waals surface area contributed by atoms with Gasteiger partial charge in [-0.1, -0.05) is 50.2 Å². The summed E-state index contributed by atoms with van der Waals surface area (Å²) in [6.07, 6.45) is 0. The molecule has 0 unspecified atom stereocenters. The van der Waals surface area contributed by atoms with Crippen molar-refractivity contribution in [3.8, 4) is 0 Å². The number of carbonyl (C=O) groups excluding carboxylic acids is 2. The van der Waals surface area contributed by atoms with Crippen LogP contribution in [0.15, 0.2) is 48.5 Å². The van der Waals surface area contributed by atoms with Crippen molar-refractivity contribution in [1.82, 2.24) is 4.57 Å². The topological polar surface area (TPSA) is 74.3 Å². The zero-order valence-corrected chi connectivity index (χ0v) is 15.9. The van der Waals surface area contributed by atoms with Crippen molar-refractivity contribution >= 4 is 22.8 Å². The molecule has 0 atom stereocenters. The Kier molecular flexibility index (Phi) is 5.31. The Morgan fingerprint density at radius 1 is 1.11 bits per heavy atom. The molecule has 5 nitrogen and oxygen atoms in total. The van der Waals surface area contributed by atoms with E-state index in [2.05, 4.69) is 4.57 Å². The summed E-state index contributed by atoms with van der Waals surface area (Å²) in [6, 6.07) is 15.3. The van der Waals surface area contributed by atoms with Crippen LogP contribution >= 0.6 is 0 Å². The summed E-state index contributed by atoms with van der Waals surface area (Å²) in [5, 5.41) is 0.759. The number of nitrogens with two attached hydrogens (primary N) is 1. The van der Waals surface area contributed by atoms with Crippen molar-refractivity contribution in [2.24, 2.45) is 5.73 Å². The van der Waals surface area contributed by atoms with E-state index in [0.29, 0.717) is 24.3 Å². The SMILES string of the molecule is CCOC(=O)c1ccc2c(C(N)=O)c(C(C)C)n(Cc3ccccc3)c2c1. The van der Waals surface area contributed by atoms with E-state index >= 15 is 0 Å². The number of amides is 1. The van der Waals surface area contributed by atoms with Gasteiger partial charge in [0.05, 0.1) is 23.3 Å². The standard InChI is InChI=1S/C22H24N2O3/c1-4-27-22(26)16-10-11-17-18(12-16)24(13-15-8-6-5-7-9-15)20(14(2)3)19(17)21(23)25/h5-12,14H,4,13H2,1-3H3,(H2,23,25). The van der Waals surface area contributed by atoms with Gasteiger partial charge in [0.15, 0.2) is 0 Å². The van der Waals surface area contributed by atoms with Crippen molar-refractivity contribution in [2.75, 3.05) is 6.61 Å². The lowest BCUT2D eigenvalue weighted by molar-refractivity contribution is 0.0526. The first kappa shape index (κ1) is 18.7. The van der Waals surface area contributed by atoms with Gasteiger partial charge in [-0.3, -0.25) is 4.79 Å². The van der Waals surface area contributed by atoms with E-state index in [-0.39, 0.29) is 11.9 Å². The summed E-state index contributed by atoms with van der Waals surface area (Å²) in [5.74, 6) is -0.743. The average Bonchev–Trinajstić information content (AvgIpc) is 2.97. The maximum Gasteiger partial charge on any atom is 0.338 e. The number of esters is 1. The van der Waals surface area contributed by atoms with Gasteiger partial charge in [0.2, 0.25) is 0 Å². The van der Waals surface area contributed by atoms with Crippen LogP contribution in [0.5, 0.6) is 0 Å². The van der Waals surface area contributed by atoms with Gasteiger partial charge in [0.1, 0.15) is 0 Å². The Morgan fingerprint density at radius 3 is 2.41 bits per heavy atom. The number of rotatable bonds is 6. The van der Waals surface area contributed by atoms with Crippen LogP contribution in [0.4, 0.5) is 0 Å². The number of aromatic nitrogens is 1. The lowest BCUT2D eigenvalue weighted by Crippen LogP contribution is -2.15. The molecule has 3 aromatic rings. The van der Waals surface area contributed by atoms with Gasteiger partial charge in [-0.05, 0) is 30.5 Å². The second kappa shape index (κ2) is 7.66. The molecule has 0 bridgehead atoms. The van der Waals surface area contributed by atoms with E-state index in [4.69, 9.17) is 10.5 Å². The molecular formula is C22H24N2O3. The van der Waals surface area contributed by atoms with Gasteiger partial charge >= 0.3 is 5.97 Å². The minimum atomic E-state index is -0.459. The Hall–Kier alpha value is -3.08. The molecule has 5 heteroatoms. The molecule has 0 saturated carbocycles. The molecule has 0 spiro atoms. The lowest BCUT2D eigenvalue weighted by Gasteiger charge is -2.15. The first-order valence-corrected chi connectivity index (χ1v) is 9.11.